The zero-order chi connectivity index (χ0) is 10.0. The minimum atomic E-state index is -0.828. The first-order chi connectivity index (χ1) is 6.76. The van der Waals surface area contributed by atoms with Crippen LogP contribution in [-0.2, 0) is 4.79 Å². The molecule has 0 saturated carbocycles. The van der Waals surface area contributed by atoms with E-state index in [0.29, 0.717) is 6.42 Å². The highest BCUT2D eigenvalue weighted by Gasteiger charge is 2.44. The fourth-order valence-electron chi connectivity index (χ4n) is 2.25. The Hall–Kier alpha value is -1.03. The number of rotatable bonds is 1. The molecule has 2 N–H and O–H groups in total. The number of aliphatic carboxylic acids is 1. The predicted molar refractivity (Wildman–Crippen MR) is 52.7 cm³/mol. The zero-order valence-corrected chi connectivity index (χ0v) is 8.20. The van der Waals surface area contributed by atoms with Crippen molar-refractivity contribution in [1.82, 2.24) is 10.2 Å². The second-order valence-electron chi connectivity index (χ2n) is 3.92. The molecule has 0 aromatic heterocycles. The van der Waals surface area contributed by atoms with Crippen LogP contribution in [0.4, 0.5) is 0 Å². The molecule has 0 aromatic rings. The first-order valence-corrected chi connectivity index (χ1v) is 5.17. The van der Waals surface area contributed by atoms with Crippen molar-refractivity contribution in [2.75, 3.05) is 13.1 Å². The van der Waals surface area contributed by atoms with E-state index in [0.717, 1.165) is 32.4 Å². The third-order valence-electron chi connectivity index (χ3n) is 3.03. The molecule has 1 fully saturated rings. The van der Waals surface area contributed by atoms with Gasteiger partial charge < -0.3 is 10.0 Å². The van der Waals surface area contributed by atoms with Gasteiger partial charge in [0.2, 0.25) is 0 Å². The van der Waals surface area contributed by atoms with Crippen molar-refractivity contribution in [3.05, 3.63) is 12.3 Å². The summed E-state index contributed by atoms with van der Waals surface area (Å²) < 4.78 is 0. The van der Waals surface area contributed by atoms with Crippen LogP contribution in [0.2, 0.25) is 0 Å². The monoisotopic (exact) mass is 196 g/mol. The molecule has 0 spiro atoms. The molecule has 2 rings (SSSR count). The molecule has 1 atom stereocenters. The summed E-state index contributed by atoms with van der Waals surface area (Å²) >= 11 is 0. The van der Waals surface area contributed by atoms with Gasteiger partial charge in [0.1, 0.15) is 0 Å². The highest BCUT2D eigenvalue weighted by molar-refractivity contribution is 5.78. The average molecular weight is 196 g/mol. The standard InChI is InChI=1S/C10H16N2O2/c13-9(14)10-5-2-1-3-7-12(10)8-4-6-11-10/h3,7,11H,1-2,4-6,8H2,(H,13,14). The van der Waals surface area contributed by atoms with Crippen LogP contribution in [0.5, 0.6) is 0 Å². The topological polar surface area (TPSA) is 52.6 Å². The van der Waals surface area contributed by atoms with Crippen molar-refractivity contribution in [2.45, 2.75) is 31.3 Å². The number of allylic oxidation sites excluding steroid dienone is 1. The fraction of sp³-hybridized carbons (Fsp3) is 0.700. The fourth-order valence-corrected chi connectivity index (χ4v) is 2.25. The number of nitrogens with zero attached hydrogens (tertiary/aromatic N) is 1. The number of nitrogens with one attached hydrogen (secondary N) is 1. The molecular weight excluding hydrogens is 180 g/mol. The molecule has 14 heavy (non-hydrogen) atoms. The molecule has 2 aliphatic rings. The van der Waals surface area contributed by atoms with Gasteiger partial charge in [-0.1, -0.05) is 6.08 Å². The number of fused-ring (bicyclic) bond motifs is 1. The SMILES string of the molecule is O=C(O)C12CCCC=CN1CCCN2. The van der Waals surface area contributed by atoms with Gasteiger partial charge in [0.05, 0.1) is 0 Å². The molecule has 78 valence electrons. The third-order valence-corrected chi connectivity index (χ3v) is 3.03. The number of carboxylic acid groups (broad SMARTS) is 1. The Balaban J connectivity index is 2.29. The lowest BCUT2D eigenvalue weighted by molar-refractivity contribution is -0.154. The third kappa shape index (κ3) is 1.39. The first-order valence-electron chi connectivity index (χ1n) is 5.17. The summed E-state index contributed by atoms with van der Waals surface area (Å²) in [5.41, 5.74) is -0.828. The maximum Gasteiger partial charge on any atom is 0.344 e. The van der Waals surface area contributed by atoms with E-state index in [1.807, 2.05) is 11.1 Å². The molecule has 2 heterocycles. The molecule has 4 nitrogen and oxygen atoms in total. The summed E-state index contributed by atoms with van der Waals surface area (Å²) in [6.07, 6.45) is 7.62. The summed E-state index contributed by atoms with van der Waals surface area (Å²) in [4.78, 5) is 13.3. The second-order valence-corrected chi connectivity index (χ2v) is 3.92. The van der Waals surface area contributed by atoms with Gasteiger partial charge in [-0.2, -0.15) is 0 Å². The van der Waals surface area contributed by atoms with Crippen LogP contribution in [-0.4, -0.2) is 34.7 Å². The molecule has 0 amide bonds. The van der Waals surface area contributed by atoms with Crippen molar-refractivity contribution in [3.63, 3.8) is 0 Å². The Kier molecular flexibility index (Phi) is 2.46. The largest absolute Gasteiger partial charge is 0.478 e. The summed E-state index contributed by atoms with van der Waals surface area (Å²) in [7, 11) is 0. The highest BCUT2D eigenvalue weighted by atomic mass is 16.4. The zero-order valence-electron chi connectivity index (χ0n) is 8.20. The summed E-state index contributed by atoms with van der Waals surface area (Å²) in [5.74, 6) is -0.747. The minimum absolute atomic E-state index is 0.690. The second kappa shape index (κ2) is 3.61. The van der Waals surface area contributed by atoms with Crippen molar-refractivity contribution < 1.29 is 9.90 Å². The van der Waals surface area contributed by atoms with E-state index >= 15 is 0 Å². The molecule has 0 bridgehead atoms. The van der Waals surface area contributed by atoms with E-state index < -0.39 is 11.6 Å². The van der Waals surface area contributed by atoms with Gasteiger partial charge in [0.15, 0.2) is 5.66 Å². The highest BCUT2D eigenvalue weighted by Crippen LogP contribution is 2.26. The van der Waals surface area contributed by atoms with Gasteiger partial charge in [-0.05, 0) is 38.4 Å². The van der Waals surface area contributed by atoms with Gasteiger partial charge in [-0.15, -0.1) is 0 Å². The molecule has 1 unspecified atom stereocenters. The quantitative estimate of drug-likeness (QED) is 0.650. The van der Waals surface area contributed by atoms with E-state index in [9.17, 15) is 9.90 Å². The van der Waals surface area contributed by atoms with Crippen molar-refractivity contribution in [3.8, 4) is 0 Å². The van der Waals surface area contributed by atoms with Crippen molar-refractivity contribution in [1.29, 1.82) is 0 Å². The Morgan fingerprint density at radius 3 is 3.14 bits per heavy atom. The van der Waals surface area contributed by atoms with Crippen LogP contribution in [0.3, 0.4) is 0 Å². The number of carbonyl (C=O) groups is 1. The maximum absolute atomic E-state index is 11.3. The van der Waals surface area contributed by atoms with Crippen LogP contribution < -0.4 is 5.32 Å². The summed E-state index contributed by atoms with van der Waals surface area (Å²) in [6.45, 7) is 1.65. The van der Waals surface area contributed by atoms with E-state index in [4.69, 9.17) is 0 Å². The molecule has 1 saturated heterocycles. The molecule has 0 aromatic carbocycles. The van der Waals surface area contributed by atoms with Gasteiger partial charge in [0.25, 0.3) is 0 Å². The smallest absolute Gasteiger partial charge is 0.344 e. The van der Waals surface area contributed by atoms with Gasteiger partial charge in [-0.3, -0.25) is 5.32 Å². The van der Waals surface area contributed by atoms with Gasteiger partial charge in [0, 0.05) is 6.54 Å². The van der Waals surface area contributed by atoms with Crippen LogP contribution in [0.15, 0.2) is 12.3 Å². The van der Waals surface area contributed by atoms with Crippen LogP contribution in [0.25, 0.3) is 0 Å². The van der Waals surface area contributed by atoms with Gasteiger partial charge >= 0.3 is 5.97 Å². The molecule has 0 aliphatic carbocycles. The van der Waals surface area contributed by atoms with Gasteiger partial charge in [-0.25, -0.2) is 4.79 Å². The molecule has 0 radical (unpaired) electrons. The van der Waals surface area contributed by atoms with Crippen LogP contribution >= 0.6 is 0 Å². The molecule has 4 heteroatoms. The van der Waals surface area contributed by atoms with Crippen molar-refractivity contribution >= 4 is 5.97 Å². The molecule has 2 aliphatic heterocycles. The lowest BCUT2D eigenvalue weighted by atomic mass is 9.99. The number of hydrogen-bond acceptors (Lipinski definition) is 3. The van der Waals surface area contributed by atoms with Crippen LogP contribution in [0, 0.1) is 0 Å². The van der Waals surface area contributed by atoms with E-state index in [-0.39, 0.29) is 0 Å². The normalized spacial score (nSPS) is 32.1. The Bertz CT molecular complexity index is 265. The molecular formula is C10H16N2O2. The lowest BCUT2D eigenvalue weighted by Gasteiger charge is -2.43. The van der Waals surface area contributed by atoms with E-state index in [2.05, 4.69) is 11.4 Å². The van der Waals surface area contributed by atoms with E-state index in [1.165, 1.54) is 0 Å². The average Bonchev–Trinajstić information content (AvgIpc) is 2.40. The Morgan fingerprint density at radius 2 is 2.36 bits per heavy atom. The minimum Gasteiger partial charge on any atom is -0.478 e. The van der Waals surface area contributed by atoms with E-state index in [1.54, 1.807) is 0 Å². The maximum atomic E-state index is 11.3. The lowest BCUT2D eigenvalue weighted by Crippen LogP contribution is -2.65. The number of carboxylic acids is 1. The first kappa shape index (κ1) is 9.52. The summed E-state index contributed by atoms with van der Waals surface area (Å²) in [6, 6.07) is 0. The predicted octanol–water partition coefficient (Wildman–Crippen LogP) is 0.760. The van der Waals surface area contributed by atoms with Crippen LogP contribution in [0.1, 0.15) is 25.7 Å². The number of hydrogen-bond donors (Lipinski definition) is 2. The Labute approximate surface area is 83.6 Å². The Morgan fingerprint density at radius 1 is 1.50 bits per heavy atom. The summed E-state index contributed by atoms with van der Waals surface area (Å²) in [5, 5.41) is 12.5. The van der Waals surface area contributed by atoms with Crippen molar-refractivity contribution in [2.24, 2.45) is 0 Å².